The van der Waals surface area contributed by atoms with Crippen LogP contribution in [0.1, 0.15) is 68.2 Å². The van der Waals surface area contributed by atoms with E-state index in [0.717, 1.165) is 23.5 Å². The molecular formula is C25H28. The molecular weight excluding hydrogens is 300 g/mol. The van der Waals surface area contributed by atoms with Crippen molar-refractivity contribution in [3.05, 3.63) is 76.9 Å². The third kappa shape index (κ3) is 4.86. The molecule has 0 amide bonds. The van der Waals surface area contributed by atoms with Gasteiger partial charge in [-0.1, -0.05) is 68.9 Å². The Balaban J connectivity index is 1.66. The summed E-state index contributed by atoms with van der Waals surface area (Å²) in [7, 11) is 0. The maximum atomic E-state index is 3.28. The number of rotatable bonds is 4. The van der Waals surface area contributed by atoms with E-state index >= 15 is 0 Å². The minimum Gasteiger partial charge on any atom is -0.0804 e. The summed E-state index contributed by atoms with van der Waals surface area (Å²) in [5.41, 5.74) is 6.41. The van der Waals surface area contributed by atoms with Gasteiger partial charge in [0.05, 0.1) is 0 Å². The van der Waals surface area contributed by atoms with Gasteiger partial charge in [0.2, 0.25) is 0 Å². The topological polar surface area (TPSA) is 0 Å². The first-order chi connectivity index (χ1) is 12.3. The van der Waals surface area contributed by atoms with Gasteiger partial charge in [0, 0.05) is 11.1 Å². The first kappa shape index (κ1) is 17.6. The molecule has 0 fully saturated rings. The fourth-order valence-corrected chi connectivity index (χ4v) is 3.56. The fourth-order valence-electron chi connectivity index (χ4n) is 3.56. The molecule has 0 saturated carbocycles. The maximum absolute atomic E-state index is 3.28. The molecule has 0 N–H and O–H groups in total. The van der Waals surface area contributed by atoms with E-state index < -0.39 is 0 Å². The Bertz CT molecular complexity index is 764. The molecule has 128 valence electrons. The average Bonchev–Trinajstić information content (AvgIpc) is 2.68. The molecule has 0 saturated heterocycles. The van der Waals surface area contributed by atoms with E-state index in [1.54, 1.807) is 0 Å². The number of benzene rings is 2. The highest BCUT2D eigenvalue weighted by Gasteiger charge is 2.14. The van der Waals surface area contributed by atoms with Crippen LogP contribution in [-0.4, -0.2) is 0 Å². The van der Waals surface area contributed by atoms with Crippen LogP contribution in [0, 0.1) is 17.8 Å². The lowest BCUT2D eigenvalue weighted by molar-refractivity contribution is 0.445. The largest absolute Gasteiger partial charge is 0.0804 e. The first-order valence-electron chi connectivity index (χ1n) is 9.69. The molecule has 1 aliphatic rings. The molecule has 1 atom stereocenters. The number of aryl methyl sites for hydroxylation is 1. The van der Waals surface area contributed by atoms with Gasteiger partial charge in [-0.2, -0.15) is 0 Å². The zero-order valence-corrected chi connectivity index (χ0v) is 15.5. The van der Waals surface area contributed by atoms with E-state index in [-0.39, 0.29) is 0 Å². The molecule has 0 heteroatoms. The summed E-state index contributed by atoms with van der Waals surface area (Å²) in [5.74, 6) is 7.45. The maximum Gasteiger partial charge on any atom is 0.0249 e. The highest BCUT2D eigenvalue weighted by molar-refractivity contribution is 5.67. The Morgan fingerprint density at radius 3 is 2.04 bits per heavy atom. The van der Waals surface area contributed by atoms with Gasteiger partial charge in [-0.25, -0.2) is 0 Å². The van der Waals surface area contributed by atoms with Crippen molar-refractivity contribution in [2.24, 2.45) is 5.92 Å². The first-order valence-corrected chi connectivity index (χ1v) is 9.69. The third-order valence-electron chi connectivity index (χ3n) is 5.19. The highest BCUT2D eigenvalue weighted by atomic mass is 14.2. The predicted molar refractivity (Wildman–Crippen MR) is 108 cm³/mol. The van der Waals surface area contributed by atoms with Crippen LogP contribution in [0.25, 0.3) is 5.57 Å². The zero-order chi connectivity index (χ0) is 17.5. The molecule has 0 bridgehead atoms. The monoisotopic (exact) mass is 328 g/mol. The van der Waals surface area contributed by atoms with Crippen LogP contribution in [0.15, 0.2) is 54.6 Å². The second kappa shape index (κ2) is 8.72. The van der Waals surface area contributed by atoms with Crippen molar-refractivity contribution in [2.75, 3.05) is 0 Å². The van der Waals surface area contributed by atoms with Crippen molar-refractivity contribution in [2.45, 2.75) is 52.4 Å². The molecule has 0 nitrogen and oxygen atoms in total. The molecule has 0 aliphatic heterocycles. The van der Waals surface area contributed by atoms with Gasteiger partial charge in [0.1, 0.15) is 0 Å². The number of allylic oxidation sites excluding steroid dienone is 2. The second-order valence-electron chi connectivity index (χ2n) is 7.04. The van der Waals surface area contributed by atoms with E-state index in [0.29, 0.717) is 0 Å². The average molecular weight is 328 g/mol. The Morgan fingerprint density at radius 2 is 1.52 bits per heavy atom. The van der Waals surface area contributed by atoms with E-state index in [9.17, 15) is 0 Å². The fraction of sp³-hybridized carbons (Fsp3) is 0.360. The minimum absolute atomic E-state index is 0.901. The Hall–Kier alpha value is -2.26. The van der Waals surface area contributed by atoms with Gasteiger partial charge in [-0.05, 0) is 72.6 Å². The summed E-state index contributed by atoms with van der Waals surface area (Å²) in [6.45, 7) is 4.46. The van der Waals surface area contributed by atoms with Gasteiger partial charge in [0.15, 0.2) is 0 Å². The second-order valence-corrected chi connectivity index (χ2v) is 7.04. The van der Waals surface area contributed by atoms with Crippen LogP contribution in [0.2, 0.25) is 0 Å². The van der Waals surface area contributed by atoms with Gasteiger partial charge >= 0.3 is 0 Å². The molecule has 1 aliphatic carbocycles. The van der Waals surface area contributed by atoms with Gasteiger partial charge < -0.3 is 0 Å². The third-order valence-corrected chi connectivity index (χ3v) is 5.19. The van der Waals surface area contributed by atoms with Gasteiger partial charge in [-0.15, -0.1) is 0 Å². The van der Waals surface area contributed by atoms with Crippen LogP contribution < -0.4 is 0 Å². The van der Waals surface area contributed by atoms with E-state index in [1.807, 2.05) is 0 Å². The minimum atomic E-state index is 0.901. The lowest BCUT2D eigenvalue weighted by atomic mass is 9.84. The lowest BCUT2D eigenvalue weighted by Gasteiger charge is -2.21. The van der Waals surface area contributed by atoms with Crippen LogP contribution in [0.3, 0.4) is 0 Å². The van der Waals surface area contributed by atoms with E-state index in [4.69, 9.17) is 0 Å². The summed E-state index contributed by atoms with van der Waals surface area (Å²) in [5, 5.41) is 0. The van der Waals surface area contributed by atoms with Crippen molar-refractivity contribution >= 4 is 5.57 Å². The van der Waals surface area contributed by atoms with Crippen LogP contribution in [-0.2, 0) is 6.42 Å². The summed E-state index contributed by atoms with van der Waals surface area (Å²) in [4.78, 5) is 0. The smallest absolute Gasteiger partial charge is 0.0249 e. The Morgan fingerprint density at radius 1 is 0.880 bits per heavy atom. The van der Waals surface area contributed by atoms with Crippen LogP contribution in [0.4, 0.5) is 0 Å². The summed E-state index contributed by atoms with van der Waals surface area (Å²) in [6, 6.07) is 17.3. The summed E-state index contributed by atoms with van der Waals surface area (Å²) < 4.78 is 0. The van der Waals surface area contributed by atoms with Crippen molar-refractivity contribution in [1.29, 1.82) is 0 Å². The molecule has 0 radical (unpaired) electrons. The van der Waals surface area contributed by atoms with E-state index in [2.05, 4.69) is 80.3 Å². The molecule has 0 heterocycles. The van der Waals surface area contributed by atoms with E-state index in [1.165, 1.54) is 48.8 Å². The molecule has 2 aromatic carbocycles. The number of hydrogen-bond acceptors (Lipinski definition) is 0. The summed E-state index contributed by atoms with van der Waals surface area (Å²) in [6.07, 6.45) is 10.0. The van der Waals surface area contributed by atoms with Gasteiger partial charge in [0.25, 0.3) is 0 Å². The normalized spacial score (nSPS) is 16.7. The molecule has 3 rings (SSSR count). The zero-order valence-electron chi connectivity index (χ0n) is 15.5. The van der Waals surface area contributed by atoms with Crippen molar-refractivity contribution in [3.8, 4) is 11.8 Å². The number of hydrogen-bond donors (Lipinski definition) is 0. The van der Waals surface area contributed by atoms with Gasteiger partial charge in [-0.3, -0.25) is 0 Å². The molecule has 2 aromatic rings. The molecule has 0 spiro atoms. The van der Waals surface area contributed by atoms with Crippen molar-refractivity contribution < 1.29 is 0 Å². The van der Waals surface area contributed by atoms with Crippen LogP contribution >= 0.6 is 0 Å². The summed E-state index contributed by atoms with van der Waals surface area (Å²) >= 11 is 0. The van der Waals surface area contributed by atoms with Crippen molar-refractivity contribution in [1.82, 2.24) is 0 Å². The predicted octanol–water partition coefficient (Wildman–Crippen LogP) is 6.63. The Kier molecular flexibility index (Phi) is 6.13. The highest BCUT2D eigenvalue weighted by Crippen LogP contribution is 2.32. The molecule has 0 aromatic heterocycles. The van der Waals surface area contributed by atoms with Crippen LogP contribution in [0.5, 0.6) is 0 Å². The molecule has 1 unspecified atom stereocenters. The quantitative estimate of drug-likeness (QED) is 0.552. The Labute approximate surface area is 153 Å². The standard InChI is InChI=1S/C25H28/c1-3-5-21-12-16-24(17-13-21)25-18-14-23(15-19-25)11-10-22-8-6-20(4-2)7-9-22/h6-9,14-16,18-19,21H,3-5,12-13,17H2,1-2H3. The lowest BCUT2D eigenvalue weighted by Crippen LogP contribution is -2.04. The molecule has 25 heavy (non-hydrogen) atoms. The SMILES string of the molecule is CCCC1CC=C(c2ccc(C#Cc3ccc(CC)cc3)cc2)CC1. The van der Waals surface area contributed by atoms with Crippen molar-refractivity contribution in [3.63, 3.8) is 0 Å².